The van der Waals surface area contributed by atoms with E-state index in [1.807, 2.05) is 13.0 Å². The fourth-order valence-electron chi connectivity index (χ4n) is 2.31. The Morgan fingerprint density at radius 1 is 1.14 bits per heavy atom. The number of carboxylic acids is 1. The van der Waals surface area contributed by atoms with Crippen molar-refractivity contribution in [3.63, 3.8) is 0 Å². The van der Waals surface area contributed by atoms with Crippen LogP contribution in [0.1, 0.15) is 15.9 Å². The third-order valence-electron chi connectivity index (χ3n) is 3.31. The predicted octanol–water partition coefficient (Wildman–Crippen LogP) is 4.05. The summed E-state index contributed by atoms with van der Waals surface area (Å²) in [5.41, 5.74) is 2.72. The molecule has 0 saturated carbocycles. The number of carboxylic acid groups (broad SMARTS) is 1. The molecule has 0 atom stereocenters. The Morgan fingerprint density at radius 3 is 2.67 bits per heavy atom. The maximum atomic E-state index is 13.3. The Hall–Kier alpha value is -2.75. The van der Waals surface area contributed by atoms with E-state index in [0.717, 1.165) is 5.56 Å². The molecule has 3 aromatic rings. The van der Waals surface area contributed by atoms with Gasteiger partial charge in [-0.2, -0.15) is 0 Å². The van der Waals surface area contributed by atoms with Crippen LogP contribution in [0, 0.1) is 12.7 Å². The van der Waals surface area contributed by atoms with Crippen molar-refractivity contribution in [3.8, 4) is 11.3 Å². The van der Waals surface area contributed by atoms with E-state index >= 15 is 0 Å². The molecule has 0 aliphatic carbocycles. The van der Waals surface area contributed by atoms with Gasteiger partial charge in [-0.25, -0.2) is 14.2 Å². The predicted molar refractivity (Wildman–Crippen MR) is 78.8 cm³/mol. The molecule has 1 N–H and O–H groups in total. The lowest BCUT2D eigenvalue weighted by Gasteiger charge is -2.08. The quantitative estimate of drug-likeness (QED) is 0.771. The van der Waals surface area contributed by atoms with Gasteiger partial charge in [-0.1, -0.05) is 23.8 Å². The number of hydrogen-bond acceptors (Lipinski definition) is 2. The zero-order chi connectivity index (χ0) is 15.0. The SMILES string of the molecule is Cc1ccc2nc(-c3cccc(F)c3)cc(C(=O)O)c2c1. The van der Waals surface area contributed by atoms with Gasteiger partial charge >= 0.3 is 5.97 Å². The molecule has 0 saturated heterocycles. The van der Waals surface area contributed by atoms with Crippen LogP contribution >= 0.6 is 0 Å². The van der Waals surface area contributed by atoms with Crippen LogP contribution in [0.4, 0.5) is 4.39 Å². The summed E-state index contributed by atoms with van der Waals surface area (Å²) >= 11 is 0. The number of aromatic carboxylic acids is 1. The van der Waals surface area contributed by atoms with E-state index in [9.17, 15) is 14.3 Å². The van der Waals surface area contributed by atoms with Gasteiger partial charge in [0.1, 0.15) is 5.82 Å². The highest BCUT2D eigenvalue weighted by Gasteiger charge is 2.13. The van der Waals surface area contributed by atoms with E-state index in [1.54, 1.807) is 24.3 Å². The highest BCUT2D eigenvalue weighted by Crippen LogP contribution is 2.26. The van der Waals surface area contributed by atoms with E-state index in [-0.39, 0.29) is 11.4 Å². The lowest BCUT2D eigenvalue weighted by molar-refractivity contribution is 0.0699. The van der Waals surface area contributed by atoms with Gasteiger partial charge in [0.25, 0.3) is 0 Å². The van der Waals surface area contributed by atoms with Crippen LogP contribution in [0.25, 0.3) is 22.2 Å². The minimum Gasteiger partial charge on any atom is -0.478 e. The summed E-state index contributed by atoms with van der Waals surface area (Å²) in [6, 6.07) is 12.9. The number of aryl methyl sites for hydroxylation is 1. The number of halogens is 1. The number of hydrogen-bond donors (Lipinski definition) is 1. The zero-order valence-electron chi connectivity index (χ0n) is 11.3. The number of pyridine rings is 1. The molecular formula is C17H12FNO2. The first-order valence-corrected chi connectivity index (χ1v) is 6.45. The fraction of sp³-hybridized carbons (Fsp3) is 0.0588. The molecule has 4 heteroatoms. The Kier molecular flexibility index (Phi) is 3.14. The molecule has 3 nitrogen and oxygen atoms in total. The fourth-order valence-corrected chi connectivity index (χ4v) is 2.31. The maximum absolute atomic E-state index is 13.3. The largest absolute Gasteiger partial charge is 0.478 e. The molecule has 0 bridgehead atoms. The lowest BCUT2D eigenvalue weighted by atomic mass is 10.0. The number of aromatic nitrogens is 1. The van der Waals surface area contributed by atoms with Gasteiger partial charge in [-0.05, 0) is 37.3 Å². The maximum Gasteiger partial charge on any atom is 0.336 e. The summed E-state index contributed by atoms with van der Waals surface area (Å²) in [6.45, 7) is 1.89. The van der Waals surface area contributed by atoms with E-state index in [0.29, 0.717) is 22.2 Å². The van der Waals surface area contributed by atoms with E-state index in [1.165, 1.54) is 18.2 Å². The first-order valence-electron chi connectivity index (χ1n) is 6.45. The van der Waals surface area contributed by atoms with E-state index in [4.69, 9.17) is 0 Å². The Labute approximate surface area is 120 Å². The standard InChI is InChI=1S/C17H12FNO2/c1-10-5-6-15-13(7-10)14(17(20)21)9-16(19-15)11-3-2-4-12(18)8-11/h2-9H,1H3,(H,20,21). The van der Waals surface area contributed by atoms with Crippen molar-refractivity contribution in [3.05, 3.63) is 65.5 Å². The second-order valence-corrected chi connectivity index (χ2v) is 4.89. The van der Waals surface area contributed by atoms with Gasteiger partial charge in [0.05, 0.1) is 16.8 Å². The monoisotopic (exact) mass is 281 g/mol. The van der Waals surface area contributed by atoms with Crippen LogP contribution in [-0.2, 0) is 0 Å². The Morgan fingerprint density at radius 2 is 1.95 bits per heavy atom. The number of carbonyl (C=O) groups is 1. The number of nitrogens with zero attached hydrogens (tertiary/aromatic N) is 1. The first-order chi connectivity index (χ1) is 10.0. The Bertz CT molecular complexity index is 859. The number of rotatable bonds is 2. The summed E-state index contributed by atoms with van der Waals surface area (Å²) in [5.74, 6) is -1.40. The molecule has 0 unspecified atom stereocenters. The summed E-state index contributed by atoms with van der Waals surface area (Å²) in [7, 11) is 0. The van der Waals surface area contributed by atoms with E-state index < -0.39 is 5.97 Å². The molecule has 0 radical (unpaired) electrons. The van der Waals surface area contributed by atoms with E-state index in [2.05, 4.69) is 4.98 Å². The second kappa shape index (κ2) is 4.98. The normalized spacial score (nSPS) is 10.8. The molecule has 21 heavy (non-hydrogen) atoms. The van der Waals surface area contributed by atoms with Gasteiger partial charge in [-0.3, -0.25) is 0 Å². The molecule has 104 valence electrons. The van der Waals surface area contributed by atoms with Crippen molar-refractivity contribution in [2.45, 2.75) is 6.92 Å². The average molecular weight is 281 g/mol. The summed E-state index contributed by atoms with van der Waals surface area (Å²) < 4.78 is 13.3. The van der Waals surface area contributed by atoms with Crippen LogP contribution in [0.5, 0.6) is 0 Å². The van der Waals surface area contributed by atoms with Crippen molar-refractivity contribution in [2.24, 2.45) is 0 Å². The molecule has 0 aliphatic heterocycles. The second-order valence-electron chi connectivity index (χ2n) is 4.89. The van der Waals surface area contributed by atoms with Crippen LogP contribution in [0.15, 0.2) is 48.5 Å². The van der Waals surface area contributed by atoms with Crippen molar-refractivity contribution >= 4 is 16.9 Å². The Balaban J connectivity index is 2.31. The molecule has 1 heterocycles. The average Bonchev–Trinajstić information content (AvgIpc) is 2.46. The van der Waals surface area contributed by atoms with Crippen LogP contribution in [0.2, 0.25) is 0 Å². The van der Waals surface area contributed by atoms with Gasteiger partial charge in [0.15, 0.2) is 0 Å². The molecule has 1 aromatic heterocycles. The molecule has 3 rings (SSSR count). The van der Waals surface area contributed by atoms with Crippen LogP contribution in [-0.4, -0.2) is 16.1 Å². The third kappa shape index (κ3) is 2.48. The van der Waals surface area contributed by atoms with Crippen molar-refractivity contribution < 1.29 is 14.3 Å². The zero-order valence-corrected chi connectivity index (χ0v) is 11.3. The molecular weight excluding hydrogens is 269 g/mol. The number of fused-ring (bicyclic) bond motifs is 1. The van der Waals surface area contributed by atoms with Gasteiger partial charge in [0.2, 0.25) is 0 Å². The van der Waals surface area contributed by atoms with Crippen molar-refractivity contribution in [1.82, 2.24) is 4.98 Å². The molecule has 0 amide bonds. The minimum absolute atomic E-state index is 0.169. The van der Waals surface area contributed by atoms with Crippen LogP contribution < -0.4 is 0 Å². The topological polar surface area (TPSA) is 50.2 Å². The highest BCUT2D eigenvalue weighted by atomic mass is 19.1. The van der Waals surface area contributed by atoms with Gasteiger partial charge in [0, 0.05) is 10.9 Å². The first kappa shape index (κ1) is 13.2. The lowest BCUT2D eigenvalue weighted by Crippen LogP contribution is -2.00. The summed E-state index contributed by atoms with van der Waals surface area (Å²) in [4.78, 5) is 15.9. The summed E-state index contributed by atoms with van der Waals surface area (Å²) in [6.07, 6.45) is 0. The third-order valence-corrected chi connectivity index (χ3v) is 3.31. The smallest absolute Gasteiger partial charge is 0.336 e. The highest BCUT2D eigenvalue weighted by molar-refractivity contribution is 6.03. The minimum atomic E-state index is -1.02. The van der Waals surface area contributed by atoms with Gasteiger partial charge in [-0.15, -0.1) is 0 Å². The molecule has 2 aromatic carbocycles. The summed E-state index contributed by atoms with van der Waals surface area (Å²) in [5, 5.41) is 9.98. The molecule has 0 fully saturated rings. The van der Waals surface area contributed by atoms with Gasteiger partial charge < -0.3 is 5.11 Å². The molecule has 0 aliphatic rings. The van der Waals surface area contributed by atoms with Crippen LogP contribution in [0.3, 0.4) is 0 Å². The number of benzene rings is 2. The van der Waals surface area contributed by atoms with Crippen molar-refractivity contribution in [1.29, 1.82) is 0 Å². The van der Waals surface area contributed by atoms with Crippen molar-refractivity contribution in [2.75, 3.05) is 0 Å². The molecule has 0 spiro atoms.